The molecule has 1 aromatic rings. The van der Waals surface area contributed by atoms with E-state index in [9.17, 15) is 13.2 Å². The highest BCUT2D eigenvalue weighted by molar-refractivity contribution is 7.89. The molecule has 0 fully saturated rings. The van der Waals surface area contributed by atoms with Gasteiger partial charge >= 0.3 is 0 Å². The molecule has 10 heteroatoms. The minimum atomic E-state index is -3.76. The number of hydrogen-bond donors (Lipinski definition) is 3. The molecule has 1 aromatic heterocycles. The van der Waals surface area contributed by atoms with Crippen molar-refractivity contribution < 1.29 is 13.2 Å². The Morgan fingerprint density at radius 3 is 2.41 bits per heavy atom. The maximum atomic E-state index is 12.0. The molecule has 5 N–H and O–H groups in total. The van der Waals surface area contributed by atoms with Crippen LogP contribution < -0.4 is 16.2 Å². The lowest BCUT2D eigenvalue weighted by Crippen LogP contribution is -2.53. The molecular formula is C12H24ClN5O3S. The number of aryl methyl sites for hydroxylation is 1. The zero-order valence-corrected chi connectivity index (χ0v) is 14.4. The van der Waals surface area contributed by atoms with Crippen LogP contribution in [0.25, 0.3) is 0 Å². The molecule has 0 aliphatic heterocycles. The van der Waals surface area contributed by atoms with Crippen molar-refractivity contribution in [2.24, 2.45) is 10.9 Å². The Balaban J connectivity index is 0.00000441. The molecule has 1 rings (SSSR count). The first-order chi connectivity index (χ1) is 9.76. The van der Waals surface area contributed by atoms with Gasteiger partial charge in [0.2, 0.25) is 15.9 Å². The molecule has 22 heavy (non-hydrogen) atoms. The van der Waals surface area contributed by atoms with Gasteiger partial charge in [0.15, 0.2) is 0 Å². The molecule has 1 amide bonds. The molecule has 0 saturated heterocycles. The Morgan fingerprint density at radius 1 is 1.41 bits per heavy atom. The van der Waals surface area contributed by atoms with Crippen molar-refractivity contribution in [1.29, 1.82) is 0 Å². The van der Waals surface area contributed by atoms with E-state index in [0.29, 0.717) is 6.54 Å². The molecule has 128 valence electrons. The number of carbonyl (C=O) groups excluding carboxylic acids is 1. The first kappa shape index (κ1) is 20.8. The van der Waals surface area contributed by atoms with E-state index in [1.807, 2.05) is 13.8 Å². The lowest BCUT2D eigenvalue weighted by atomic mass is 9.93. The fraction of sp³-hybridized carbons (Fsp3) is 0.667. The molecule has 0 aromatic carbocycles. The summed E-state index contributed by atoms with van der Waals surface area (Å²) in [4.78, 5) is 11.9. The predicted molar refractivity (Wildman–Crippen MR) is 86.0 cm³/mol. The molecule has 1 heterocycles. The van der Waals surface area contributed by atoms with Gasteiger partial charge < -0.3 is 11.1 Å². The Kier molecular flexibility index (Phi) is 8.02. The van der Waals surface area contributed by atoms with Gasteiger partial charge in [-0.2, -0.15) is 5.10 Å². The zero-order valence-electron chi connectivity index (χ0n) is 12.8. The number of nitrogens with one attached hydrogen (secondary N) is 1. The second-order valence-corrected chi connectivity index (χ2v) is 6.54. The third kappa shape index (κ3) is 5.56. The normalized spacial score (nSPS) is 11.8. The van der Waals surface area contributed by atoms with Crippen LogP contribution in [0.4, 0.5) is 0 Å². The van der Waals surface area contributed by atoms with Gasteiger partial charge in [-0.3, -0.25) is 9.48 Å². The van der Waals surface area contributed by atoms with Gasteiger partial charge in [-0.15, -0.1) is 12.4 Å². The maximum absolute atomic E-state index is 12.0. The molecule has 0 atom stereocenters. The highest BCUT2D eigenvalue weighted by Crippen LogP contribution is 2.13. The molecule has 0 aliphatic carbocycles. The van der Waals surface area contributed by atoms with Crippen molar-refractivity contribution in [3.05, 3.63) is 12.4 Å². The molecule has 0 aliphatic rings. The van der Waals surface area contributed by atoms with E-state index >= 15 is 0 Å². The summed E-state index contributed by atoms with van der Waals surface area (Å²) in [5.74, 6) is -0.142. The van der Waals surface area contributed by atoms with Gasteiger partial charge in [-0.25, -0.2) is 13.6 Å². The third-order valence-corrected chi connectivity index (χ3v) is 4.52. The van der Waals surface area contributed by atoms with E-state index in [-0.39, 0.29) is 41.7 Å². The molecule has 0 saturated carbocycles. The summed E-state index contributed by atoms with van der Waals surface area (Å²) in [5.41, 5.74) is 5.34. The second kappa shape index (κ2) is 8.47. The summed E-state index contributed by atoms with van der Waals surface area (Å²) < 4.78 is 23.6. The van der Waals surface area contributed by atoms with Gasteiger partial charge in [-0.1, -0.05) is 13.8 Å². The number of nitrogens with zero attached hydrogens (tertiary/aromatic N) is 2. The smallest absolute Gasteiger partial charge is 0.241 e. The van der Waals surface area contributed by atoms with E-state index in [4.69, 9.17) is 10.9 Å². The summed E-state index contributed by atoms with van der Waals surface area (Å²) in [7, 11) is -3.76. The van der Waals surface area contributed by atoms with Crippen LogP contribution in [0.1, 0.15) is 33.1 Å². The molecule has 0 bridgehead atoms. The molecule has 0 unspecified atom stereocenters. The highest BCUT2D eigenvalue weighted by Gasteiger charge is 2.26. The Morgan fingerprint density at radius 2 is 2.00 bits per heavy atom. The van der Waals surface area contributed by atoms with Crippen LogP contribution in [-0.4, -0.2) is 36.2 Å². The van der Waals surface area contributed by atoms with Crippen LogP contribution in [0.5, 0.6) is 0 Å². The van der Waals surface area contributed by atoms with Crippen molar-refractivity contribution in [3.63, 3.8) is 0 Å². The molecule has 8 nitrogen and oxygen atoms in total. The summed E-state index contributed by atoms with van der Waals surface area (Å²) in [5, 5.41) is 11.8. The molecular weight excluding hydrogens is 330 g/mol. The third-order valence-electron chi connectivity index (χ3n) is 3.65. The average molecular weight is 354 g/mol. The summed E-state index contributed by atoms with van der Waals surface area (Å²) in [6, 6.07) is 0. The molecule has 0 spiro atoms. The van der Waals surface area contributed by atoms with E-state index < -0.39 is 10.0 Å². The van der Waals surface area contributed by atoms with Gasteiger partial charge in [-0.05, 0) is 12.8 Å². The predicted octanol–water partition coefficient (Wildman–Crippen LogP) is -0.0239. The van der Waals surface area contributed by atoms with E-state index in [1.54, 1.807) is 0 Å². The van der Waals surface area contributed by atoms with Crippen LogP contribution in [0, 0.1) is 0 Å². The first-order valence-corrected chi connectivity index (χ1v) is 8.37. The van der Waals surface area contributed by atoms with Crippen molar-refractivity contribution >= 4 is 28.3 Å². The largest absolute Gasteiger partial charge is 0.349 e. The average Bonchev–Trinajstić information content (AvgIpc) is 2.92. The highest BCUT2D eigenvalue weighted by atomic mass is 35.5. The van der Waals surface area contributed by atoms with Crippen molar-refractivity contribution in [3.8, 4) is 0 Å². The number of rotatable bonds is 8. The van der Waals surface area contributed by atoms with Crippen molar-refractivity contribution in [2.75, 3.05) is 6.54 Å². The second-order valence-electron chi connectivity index (χ2n) is 4.97. The Hall–Kier alpha value is -1.16. The van der Waals surface area contributed by atoms with Crippen LogP contribution in [0.2, 0.25) is 0 Å². The number of primary sulfonamides is 1. The van der Waals surface area contributed by atoms with E-state index in [0.717, 1.165) is 19.0 Å². The Labute approximate surface area is 137 Å². The fourth-order valence-electron chi connectivity index (χ4n) is 1.95. The lowest BCUT2D eigenvalue weighted by molar-refractivity contribution is -0.123. The zero-order chi connectivity index (χ0) is 16.1. The number of halogens is 1. The fourth-order valence-corrected chi connectivity index (χ4v) is 2.42. The minimum absolute atomic E-state index is 0. The lowest BCUT2D eigenvalue weighted by Gasteiger charge is -2.31. The standard InChI is InChI=1S/C12H23N5O3S.ClH/c1-3-12(4-2,9-13)16-11(18)5-6-17-8-10(7-15-17)21(14,19)20;/h7-8H,3-6,9,13H2,1-2H3,(H,16,18)(H2,14,19,20);1H. The van der Waals surface area contributed by atoms with Crippen molar-refractivity contribution in [1.82, 2.24) is 15.1 Å². The van der Waals surface area contributed by atoms with Crippen LogP contribution in [0.3, 0.4) is 0 Å². The number of amides is 1. The van der Waals surface area contributed by atoms with Crippen LogP contribution in [0.15, 0.2) is 17.3 Å². The van der Waals surface area contributed by atoms with Gasteiger partial charge in [0.1, 0.15) is 4.90 Å². The monoisotopic (exact) mass is 353 g/mol. The quantitative estimate of drug-likeness (QED) is 0.603. The summed E-state index contributed by atoms with van der Waals surface area (Å²) in [6.07, 6.45) is 4.16. The number of sulfonamides is 1. The van der Waals surface area contributed by atoms with Gasteiger partial charge in [0, 0.05) is 25.7 Å². The van der Waals surface area contributed by atoms with Gasteiger partial charge in [0.25, 0.3) is 0 Å². The number of nitrogens with two attached hydrogens (primary N) is 2. The molecule has 0 radical (unpaired) electrons. The number of hydrogen-bond acceptors (Lipinski definition) is 5. The number of aromatic nitrogens is 2. The van der Waals surface area contributed by atoms with Crippen LogP contribution in [-0.2, 0) is 21.4 Å². The van der Waals surface area contributed by atoms with Gasteiger partial charge in [0.05, 0.1) is 11.7 Å². The summed E-state index contributed by atoms with van der Waals surface area (Å²) >= 11 is 0. The summed E-state index contributed by atoms with van der Waals surface area (Å²) in [6.45, 7) is 4.60. The van der Waals surface area contributed by atoms with E-state index in [2.05, 4.69) is 10.4 Å². The van der Waals surface area contributed by atoms with Crippen molar-refractivity contribution in [2.45, 2.75) is 50.1 Å². The van der Waals surface area contributed by atoms with E-state index in [1.165, 1.54) is 10.9 Å². The topological polar surface area (TPSA) is 133 Å². The van der Waals surface area contributed by atoms with Crippen LogP contribution >= 0.6 is 12.4 Å². The first-order valence-electron chi connectivity index (χ1n) is 6.82. The maximum Gasteiger partial charge on any atom is 0.241 e. The Bertz CT molecular complexity index is 575. The SMILES string of the molecule is CCC(CC)(CN)NC(=O)CCn1cc(S(N)(=O)=O)cn1.Cl. The minimum Gasteiger partial charge on any atom is -0.349 e. The number of carbonyl (C=O) groups is 1.